The summed E-state index contributed by atoms with van der Waals surface area (Å²) in [5.74, 6) is 0.000509. The molecule has 1 heterocycles. The third-order valence-corrected chi connectivity index (χ3v) is 2.70. The molecule has 0 saturated heterocycles. The zero-order valence-electron chi connectivity index (χ0n) is 9.66. The van der Waals surface area contributed by atoms with Crippen LogP contribution in [0.2, 0.25) is 0 Å². The van der Waals surface area contributed by atoms with E-state index >= 15 is 0 Å². The van der Waals surface area contributed by atoms with Crippen LogP contribution in [0.4, 0.5) is 0 Å². The Labute approximate surface area is 95.1 Å². The summed E-state index contributed by atoms with van der Waals surface area (Å²) in [5, 5.41) is 3.95. The minimum Gasteiger partial charge on any atom is -0.351 e. The van der Waals surface area contributed by atoms with Gasteiger partial charge in [0.1, 0.15) is 5.69 Å². The van der Waals surface area contributed by atoms with Gasteiger partial charge in [-0.15, -0.1) is 0 Å². The number of aromatic nitrogens is 1. The first kappa shape index (κ1) is 10.7. The summed E-state index contributed by atoms with van der Waals surface area (Å²) in [7, 11) is 0. The molecule has 0 fully saturated rings. The standard InChI is InChI=1S/C13H16N2O/c1-3-14-13(16)12-9-10-7-5-6-8-11(10)15(12)4-2/h5-9H,3-4H2,1-2H3,(H,14,16). The number of amides is 1. The fraction of sp³-hybridized carbons (Fsp3) is 0.308. The van der Waals surface area contributed by atoms with Gasteiger partial charge in [0.25, 0.3) is 5.91 Å². The minimum atomic E-state index is 0.000509. The quantitative estimate of drug-likeness (QED) is 0.840. The number of nitrogens with one attached hydrogen (secondary N) is 1. The summed E-state index contributed by atoms with van der Waals surface area (Å²) < 4.78 is 2.04. The van der Waals surface area contributed by atoms with E-state index in [1.54, 1.807) is 0 Å². The van der Waals surface area contributed by atoms with Gasteiger partial charge in [0.05, 0.1) is 0 Å². The highest BCUT2D eigenvalue weighted by atomic mass is 16.1. The smallest absolute Gasteiger partial charge is 0.267 e. The van der Waals surface area contributed by atoms with Gasteiger partial charge in [-0.1, -0.05) is 18.2 Å². The van der Waals surface area contributed by atoms with E-state index in [4.69, 9.17) is 0 Å². The van der Waals surface area contributed by atoms with Crippen molar-refractivity contribution < 1.29 is 4.79 Å². The largest absolute Gasteiger partial charge is 0.351 e. The van der Waals surface area contributed by atoms with Crippen molar-refractivity contribution >= 4 is 16.8 Å². The van der Waals surface area contributed by atoms with Crippen molar-refractivity contribution in [3.05, 3.63) is 36.0 Å². The minimum absolute atomic E-state index is 0.000509. The Bertz CT molecular complexity index is 514. The Kier molecular flexibility index (Phi) is 2.95. The molecule has 1 aromatic carbocycles. The van der Waals surface area contributed by atoms with Crippen molar-refractivity contribution in [1.82, 2.24) is 9.88 Å². The lowest BCUT2D eigenvalue weighted by Gasteiger charge is -2.07. The molecule has 0 saturated carbocycles. The molecule has 1 amide bonds. The van der Waals surface area contributed by atoms with E-state index in [9.17, 15) is 4.79 Å². The van der Waals surface area contributed by atoms with Crippen molar-refractivity contribution in [2.24, 2.45) is 0 Å². The topological polar surface area (TPSA) is 34.0 Å². The first-order valence-corrected chi connectivity index (χ1v) is 5.64. The summed E-state index contributed by atoms with van der Waals surface area (Å²) in [5.41, 5.74) is 1.86. The third-order valence-electron chi connectivity index (χ3n) is 2.70. The second kappa shape index (κ2) is 4.39. The van der Waals surface area contributed by atoms with Gasteiger partial charge in [-0.2, -0.15) is 0 Å². The Morgan fingerprint density at radius 1 is 1.31 bits per heavy atom. The lowest BCUT2D eigenvalue weighted by atomic mass is 10.2. The van der Waals surface area contributed by atoms with Crippen molar-refractivity contribution in [2.45, 2.75) is 20.4 Å². The van der Waals surface area contributed by atoms with Crippen molar-refractivity contribution in [2.75, 3.05) is 6.54 Å². The van der Waals surface area contributed by atoms with E-state index in [-0.39, 0.29) is 5.91 Å². The second-order valence-corrected chi connectivity index (χ2v) is 3.69. The molecule has 2 rings (SSSR count). The van der Waals surface area contributed by atoms with Crippen LogP contribution in [0.3, 0.4) is 0 Å². The Morgan fingerprint density at radius 3 is 2.75 bits per heavy atom. The lowest BCUT2D eigenvalue weighted by molar-refractivity contribution is 0.0947. The van der Waals surface area contributed by atoms with Crippen LogP contribution >= 0.6 is 0 Å². The molecule has 0 bridgehead atoms. The molecule has 3 nitrogen and oxygen atoms in total. The number of aryl methyl sites for hydroxylation is 1. The molecule has 0 aliphatic carbocycles. The molecule has 0 atom stereocenters. The van der Waals surface area contributed by atoms with Crippen LogP contribution < -0.4 is 5.32 Å². The fourth-order valence-electron chi connectivity index (χ4n) is 1.99. The molecule has 0 aliphatic heterocycles. The average molecular weight is 216 g/mol. The number of carbonyl (C=O) groups excluding carboxylic acids is 1. The molecule has 16 heavy (non-hydrogen) atoms. The van der Waals surface area contributed by atoms with Crippen molar-refractivity contribution in [3.8, 4) is 0 Å². The zero-order valence-corrected chi connectivity index (χ0v) is 9.66. The lowest BCUT2D eigenvalue weighted by Crippen LogP contribution is -2.25. The first-order valence-electron chi connectivity index (χ1n) is 5.64. The molecule has 1 N–H and O–H groups in total. The number of carbonyl (C=O) groups is 1. The van der Waals surface area contributed by atoms with Crippen LogP contribution in [-0.2, 0) is 6.54 Å². The number of para-hydroxylation sites is 1. The van der Waals surface area contributed by atoms with Gasteiger partial charge in [0.15, 0.2) is 0 Å². The van der Waals surface area contributed by atoms with E-state index in [2.05, 4.69) is 12.2 Å². The van der Waals surface area contributed by atoms with Crippen LogP contribution in [0, 0.1) is 0 Å². The molecular formula is C13H16N2O. The maximum atomic E-state index is 11.9. The SMILES string of the molecule is CCNC(=O)c1cc2ccccc2n1CC. The van der Waals surface area contributed by atoms with Gasteiger partial charge in [-0.05, 0) is 26.0 Å². The van der Waals surface area contributed by atoms with Crippen LogP contribution in [-0.4, -0.2) is 17.0 Å². The van der Waals surface area contributed by atoms with E-state index in [1.807, 2.05) is 41.8 Å². The molecule has 3 heteroatoms. The van der Waals surface area contributed by atoms with Crippen molar-refractivity contribution in [1.29, 1.82) is 0 Å². The molecule has 0 radical (unpaired) electrons. The molecular weight excluding hydrogens is 200 g/mol. The summed E-state index contributed by atoms with van der Waals surface area (Å²) in [4.78, 5) is 11.9. The molecule has 0 spiro atoms. The Balaban J connectivity index is 2.56. The van der Waals surface area contributed by atoms with Crippen LogP contribution in [0.15, 0.2) is 30.3 Å². The van der Waals surface area contributed by atoms with Crippen molar-refractivity contribution in [3.63, 3.8) is 0 Å². The maximum absolute atomic E-state index is 11.9. The number of hydrogen-bond acceptors (Lipinski definition) is 1. The average Bonchev–Trinajstić information content (AvgIpc) is 2.67. The zero-order chi connectivity index (χ0) is 11.5. The molecule has 0 aliphatic rings. The fourth-order valence-corrected chi connectivity index (χ4v) is 1.99. The molecule has 0 unspecified atom stereocenters. The Hall–Kier alpha value is -1.77. The van der Waals surface area contributed by atoms with Gasteiger partial charge >= 0.3 is 0 Å². The number of hydrogen-bond donors (Lipinski definition) is 1. The maximum Gasteiger partial charge on any atom is 0.267 e. The van der Waals surface area contributed by atoms with Gasteiger partial charge < -0.3 is 9.88 Å². The number of benzene rings is 1. The summed E-state index contributed by atoms with van der Waals surface area (Å²) >= 11 is 0. The summed E-state index contributed by atoms with van der Waals surface area (Å²) in [6.45, 7) is 5.44. The Morgan fingerprint density at radius 2 is 2.06 bits per heavy atom. The predicted molar refractivity (Wildman–Crippen MR) is 65.6 cm³/mol. The number of rotatable bonds is 3. The van der Waals surface area contributed by atoms with Crippen LogP contribution in [0.1, 0.15) is 24.3 Å². The normalized spacial score (nSPS) is 10.6. The summed E-state index contributed by atoms with van der Waals surface area (Å²) in [6, 6.07) is 10.0. The molecule has 1 aromatic heterocycles. The van der Waals surface area contributed by atoms with Crippen LogP contribution in [0.25, 0.3) is 10.9 Å². The highest BCUT2D eigenvalue weighted by molar-refractivity contribution is 5.98. The van der Waals surface area contributed by atoms with E-state index in [0.29, 0.717) is 6.54 Å². The van der Waals surface area contributed by atoms with Crippen LogP contribution in [0.5, 0.6) is 0 Å². The van der Waals surface area contributed by atoms with Gasteiger partial charge in [-0.3, -0.25) is 4.79 Å². The molecule has 2 aromatic rings. The predicted octanol–water partition coefficient (Wildman–Crippen LogP) is 2.41. The monoisotopic (exact) mass is 216 g/mol. The van der Waals surface area contributed by atoms with E-state index in [1.165, 1.54) is 0 Å². The van der Waals surface area contributed by atoms with E-state index < -0.39 is 0 Å². The van der Waals surface area contributed by atoms with Gasteiger partial charge in [0.2, 0.25) is 0 Å². The number of nitrogens with zero attached hydrogens (tertiary/aromatic N) is 1. The third kappa shape index (κ3) is 1.69. The van der Waals surface area contributed by atoms with Gasteiger partial charge in [-0.25, -0.2) is 0 Å². The summed E-state index contributed by atoms with van der Waals surface area (Å²) in [6.07, 6.45) is 0. The van der Waals surface area contributed by atoms with E-state index in [0.717, 1.165) is 23.1 Å². The highest BCUT2D eigenvalue weighted by Gasteiger charge is 2.12. The first-order chi connectivity index (χ1) is 7.77. The highest BCUT2D eigenvalue weighted by Crippen LogP contribution is 2.19. The van der Waals surface area contributed by atoms with Gasteiger partial charge in [0, 0.05) is 24.0 Å². The molecule has 84 valence electrons. The second-order valence-electron chi connectivity index (χ2n) is 3.69. The number of fused-ring (bicyclic) bond motifs is 1.